The van der Waals surface area contributed by atoms with Crippen molar-refractivity contribution >= 4 is 5.97 Å². The lowest BCUT2D eigenvalue weighted by atomic mass is 10.2. The highest BCUT2D eigenvalue weighted by molar-refractivity contribution is 5.69. The lowest BCUT2D eigenvalue weighted by Gasteiger charge is -2.00. The zero-order chi connectivity index (χ0) is 11.3. The number of H-pyrrole nitrogens is 1. The van der Waals surface area contributed by atoms with Gasteiger partial charge in [-0.1, -0.05) is 0 Å². The summed E-state index contributed by atoms with van der Waals surface area (Å²) in [4.78, 5) is 28.2. The van der Waals surface area contributed by atoms with Gasteiger partial charge in [0.05, 0.1) is 13.0 Å². The molecule has 1 rings (SSSR count). The number of aliphatic carboxylic acids is 1. The number of nitrogens with zero attached hydrogens (tertiary/aromatic N) is 1. The van der Waals surface area contributed by atoms with Crippen LogP contribution in [0.15, 0.2) is 11.0 Å². The van der Waals surface area contributed by atoms with E-state index in [9.17, 15) is 9.59 Å². The number of ether oxygens (including phenoxy) is 1. The predicted molar refractivity (Wildman–Crippen MR) is 51.8 cm³/mol. The molecule has 82 valence electrons. The number of hydrogen-bond donors (Lipinski definition) is 2. The molecule has 1 heterocycles. The molecule has 15 heavy (non-hydrogen) atoms. The second-order valence-electron chi connectivity index (χ2n) is 3.00. The Morgan fingerprint density at radius 2 is 2.40 bits per heavy atom. The molecule has 0 aliphatic rings. The number of carboxylic acids is 1. The predicted octanol–water partition coefficient (Wildman–Crippen LogP) is -0.414. The van der Waals surface area contributed by atoms with Gasteiger partial charge in [-0.25, -0.2) is 4.98 Å². The number of methoxy groups -OCH3 is 1. The van der Waals surface area contributed by atoms with Gasteiger partial charge >= 0.3 is 5.97 Å². The zero-order valence-corrected chi connectivity index (χ0v) is 8.32. The van der Waals surface area contributed by atoms with Crippen molar-refractivity contribution in [2.45, 2.75) is 12.8 Å². The normalized spacial score (nSPS) is 10.2. The lowest BCUT2D eigenvalue weighted by molar-refractivity contribution is -0.136. The van der Waals surface area contributed by atoms with Crippen LogP contribution in [0.25, 0.3) is 0 Å². The van der Waals surface area contributed by atoms with E-state index < -0.39 is 11.5 Å². The van der Waals surface area contributed by atoms with Gasteiger partial charge in [-0.3, -0.25) is 9.59 Å². The van der Waals surface area contributed by atoms with Gasteiger partial charge in [0.2, 0.25) is 0 Å². The first-order valence-corrected chi connectivity index (χ1v) is 4.41. The van der Waals surface area contributed by atoms with Gasteiger partial charge in [0, 0.05) is 25.3 Å². The monoisotopic (exact) mass is 212 g/mol. The third-order valence-electron chi connectivity index (χ3n) is 1.81. The van der Waals surface area contributed by atoms with Crippen LogP contribution in [0.5, 0.6) is 0 Å². The van der Waals surface area contributed by atoms with Crippen molar-refractivity contribution in [2.24, 2.45) is 0 Å². The number of hydrogen-bond acceptors (Lipinski definition) is 4. The third-order valence-corrected chi connectivity index (χ3v) is 1.81. The SMILES string of the molecule is COCCc1ncc(CC(=O)O)c(=O)[nH]1. The second-order valence-corrected chi connectivity index (χ2v) is 3.00. The highest BCUT2D eigenvalue weighted by atomic mass is 16.5. The van der Waals surface area contributed by atoms with E-state index in [1.54, 1.807) is 7.11 Å². The summed E-state index contributed by atoms with van der Waals surface area (Å²) in [6.07, 6.45) is 1.48. The van der Waals surface area contributed by atoms with E-state index >= 15 is 0 Å². The number of aromatic nitrogens is 2. The number of aromatic amines is 1. The molecule has 6 heteroatoms. The van der Waals surface area contributed by atoms with Crippen molar-refractivity contribution in [2.75, 3.05) is 13.7 Å². The molecule has 0 saturated carbocycles. The molecule has 0 radical (unpaired) electrons. The first-order chi connectivity index (χ1) is 7.13. The van der Waals surface area contributed by atoms with Gasteiger partial charge in [-0.05, 0) is 0 Å². The third kappa shape index (κ3) is 3.51. The Morgan fingerprint density at radius 3 is 2.93 bits per heavy atom. The lowest BCUT2D eigenvalue weighted by Crippen LogP contribution is -2.19. The number of nitrogens with one attached hydrogen (secondary N) is 1. The Bertz CT molecular complexity index is 399. The zero-order valence-electron chi connectivity index (χ0n) is 8.32. The van der Waals surface area contributed by atoms with Gasteiger partial charge in [0.1, 0.15) is 5.82 Å². The standard InChI is InChI=1S/C9H12N2O4/c1-15-3-2-7-10-5-6(4-8(12)13)9(14)11-7/h5H,2-4H2,1H3,(H,12,13)(H,10,11,14). The van der Waals surface area contributed by atoms with Gasteiger partial charge in [0.15, 0.2) is 0 Å². The molecule has 0 fully saturated rings. The summed E-state index contributed by atoms with van der Waals surface area (Å²) in [5.74, 6) is -0.553. The van der Waals surface area contributed by atoms with Crippen LogP contribution in [-0.4, -0.2) is 34.8 Å². The summed E-state index contributed by atoms with van der Waals surface area (Å²) in [5.41, 5.74) is -0.248. The Morgan fingerprint density at radius 1 is 1.67 bits per heavy atom. The molecule has 6 nitrogen and oxygen atoms in total. The highest BCUT2D eigenvalue weighted by Crippen LogP contribution is 1.93. The largest absolute Gasteiger partial charge is 0.481 e. The summed E-state index contributed by atoms with van der Waals surface area (Å²) in [5, 5.41) is 8.50. The minimum atomic E-state index is -1.05. The van der Waals surface area contributed by atoms with Crippen LogP contribution < -0.4 is 5.56 Å². The Labute approximate surface area is 85.9 Å². The van der Waals surface area contributed by atoms with E-state index in [1.807, 2.05) is 0 Å². The molecule has 0 aliphatic heterocycles. The molecule has 0 aromatic carbocycles. The number of rotatable bonds is 5. The quantitative estimate of drug-likeness (QED) is 0.692. The molecule has 0 bridgehead atoms. The molecular weight excluding hydrogens is 200 g/mol. The van der Waals surface area contributed by atoms with Crippen LogP contribution in [0, 0.1) is 0 Å². The maximum Gasteiger partial charge on any atom is 0.308 e. The van der Waals surface area contributed by atoms with Crippen molar-refractivity contribution in [1.82, 2.24) is 9.97 Å². The van der Waals surface area contributed by atoms with Crippen LogP contribution in [-0.2, 0) is 22.4 Å². The van der Waals surface area contributed by atoms with Gasteiger partial charge < -0.3 is 14.8 Å². The van der Waals surface area contributed by atoms with Crippen LogP contribution >= 0.6 is 0 Å². The van der Waals surface area contributed by atoms with E-state index in [0.29, 0.717) is 18.9 Å². The van der Waals surface area contributed by atoms with E-state index in [2.05, 4.69) is 9.97 Å². The summed E-state index contributed by atoms with van der Waals surface area (Å²) >= 11 is 0. The highest BCUT2D eigenvalue weighted by Gasteiger charge is 2.06. The summed E-state index contributed by atoms with van der Waals surface area (Å²) in [6, 6.07) is 0. The van der Waals surface area contributed by atoms with E-state index in [0.717, 1.165) is 0 Å². The maximum atomic E-state index is 11.3. The number of carbonyl (C=O) groups is 1. The molecule has 1 aromatic heterocycles. The number of carboxylic acid groups (broad SMARTS) is 1. The maximum absolute atomic E-state index is 11.3. The Hall–Kier alpha value is -1.69. The van der Waals surface area contributed by atoms with E-state index in [1.165, 1.54) is 6.20 Å². The summed E-state index contributed by atoms with van der Waals surface area (Å²) in [6.45, 7) is 0.460. The van der Waals surface area contributed by atoms with Crippen LogP contribution in [0.4, 0.5) is 0 Å². The molecule has 0 amide bonds. The fourth-order valence-electron chi connectivity index (χ4n) is 1.07. The van der Waals surface area contributed by atoms with Crippen LogP contribution in [0.2, 0.25) is 0 Å². The second kappa shape index (κ2) is 5.26. The molecular formula is C9H12N2O4. The molecule has 2 N–H and O–H groups in total. The van der Waals surface area contributed by atoms with Crippen molar-refractivity contribution in [3.8, 4) is 0 Å². The van der Waals surface area contributed by atoms with Crippen LogP contribution in [0.3, 0.4) is 0 Å². The minimum Gasteiger partial charge on any atom is -0.481 e. The molecule has 0 atom stereocenters. The van der Waals surface area contributed by atoms with Crippen molar-refractivity contribution < 1.29 is 14.6 Å². The Kier molecular flexibility index (Phi) is 3.99. The summed E-state index contributed by atoms with van der Waals surface area (Å²) in [7, 11) is 1.55. The fraction of sp³-hybridized carbons (Fsp3) is 0.444. The molecule has 0 spiro atoms. The molecule has 0 unspecified atom stereocenters. The smallest absolute Gasteiger partial charge is 0.308 e. The molecule has 1 aromatic rings. The van der Waals surface area contributed by atoms with E-state index in [-0.39, 0.29) is 12.0 Å². The molecule has 0 aliphatic carbocycles. The van der Waals surface area contributed by atoms with Gasteiger partial charge in [-0.15, -0.1) is 0 Å². The topological polar surface area (TPSA) is 92.3 Å². The minimum absolute atomic E-state index is 0.156. The average Bonchev–Trinajstić information content (AvgIpc) is 2.18. The Balaban J connectivity index is 2.79. The van der Waals surface area contributed by atoms with Gasteiger partial charge in [-0.2, -0.15) is 0 Å². The summed E-state index contributed by atoms with van der Waals surface area (Å²) < 4.78 is 4.82. The van der Waals surface area contributed by atoms with Crippen molar-refractivity contribution in [3.05, 3.63) is 27.9 Å². The van der Waals surface area contributed by atoms with Crippen molar-refractivity contribution in [3.63, 3.8) is 0 Å². The first kappa shape index (κ1) is 11.4. The fourth-order valence-corrected chi connectivity index (χ4v) is 1.07. The van der Waals surface area contributed by atoms with Crippen LogP contribution in [0.1, 0.15) is 11.4 Å². The van der Waals surface area contributed by atoms with E-state index in [4.69, 9.17) is 9.84 Å². The van der Waals surface area contributed by atoms with Gasteiger partial charge in [0.25, 0.3) is 5.56 Å². The molecule has 0 saturated heterocycles. The van der Waals surface area contributed by atoms with Crippen molar-refractivity contribution in [1.29, 1.82) is 0 Å². The average molecular weight is 212 g/mol. The first-order valence-electron chi connectivity index (χ1n) is 4.41.